The van der Waals surface area contributed by atoms with Crippen LogP contribution >= 0.6 is 11.6 Å². The van der Waals surface area contributed by atoms with Crippen LogP contribution in [-0.4, -0.2) is 84.1 Å². The maximum atomic E-state index is 13.5. The maximum absolute atomic E-state index is 13.5. The van der Waals surface area contributed by atoms with Crippen molar-refractivity contribution in [2.45, 2.75) is 57.4 Å². The molecule has 1 saturated carbocycles. The van der Waals surface area contributed by atoms with Crippen molar-refractivity contribution in [1.29, 1.82) is 0 Å². The molecule has 2 saturated heterocycles. The van der Waals surface area contributed by atoms with Crippen molar-refractivity contribution >= 4 is 29.3 Å². The van der Waals surface area contributed by atoms with E-state index in [1.807, 2.05) is 29.2 Å². The van der Waals surface area contributed by atoms with Crippen LogP contribution in [-0.2, 0) is 20.9 Å². The van der Waals surface area contributed by atoms with Crippen molar-refractivity contribution in [3.8, 4) is 0 Å². The number of nitrogens with zero attached hydrogens (tertiary/aromatic N) is 4. The number of rotatable bonds is 8. The number of halogens is 1. The highest BCUT2D eigenvalue weighted by atomic mass is 35.5. The zero-order valence-corrected chi connectivity index (χ0v) is 20.9. The summed E-state index contributed by atoms with van der Waals surface area (Å²) in [6.07, 6.45) is 4.62. The average Bonchev–Trinajstić information content (AvgIpc) is 3.31. The highest BCUT2D eigenvalue weighted by molar-refractivity contribution is 6.31. The van der Waals surface area contributed by atoms with Crippen LogP contribution in [0.4, 0.5) is 0 Å². The van der Waals surface area contributed by atoms with E-state index in [1.165, 1.54) is 0 Å². The summed E-state index contributed by atoms with van der Waals surface area (Å²) in [6.45, 7) is 5.27. The van der Waals surface area contributed by atoms with E-state index in [-0.39, 0.29) is 30.1 Å². The predicted octanol–water partition coefficient (Wildman–Crippen LogP) is 1.97. The summed E-state index contributed by atoms with van der Waals surface area (Å²) in [5.41, 5.74) is 4.12. The lowest BCUT2D eigenvalue weighted by molar-refractivity contribution is -0.156. The van der Waals surface area contributed by atoms with Gasteiger partial charge in [-0.3, -0.25) is 24.8 Å². The third-order valence-electron chi connectivity index (χ3n) is 7.58. The molecule has 3 fully saturated rings. The first kappa shape index (κ1) is 24.3. The number of fused-ring (bicyclic) bond motifs is 3. The van der Waals surface area contributed by atoms with Gasteiger partial charge in [-0.2, -0.15) is 5.10 Å². The van der Waals surface area contributed by atoms with E-state index in [2.05, 4.69) is 25.6 Å². The Bertz CT molecular complexity index is 953. The van der Waals surface area contributed by atoms with Crippen LogP contribution in [0.2, 0.25) is 5.02 Å². The minimum Gasteiger partial charge on any atom is -0.379 e. The van der Waals surface area contributed by atoms with E-state index < -0.39 is 0 Å². The number of amidine groups is 1. The number of hydrogen-bond donors (Lipinski definition) is 2. The van der Waals surface area contributed by atoms with E-state index in [9.17, 15) is 9.59 Å². The van der Waals surface area contributed by atoms with Crippen LogP contribution < -0.4 is 10.7 Å². The molecule has 35 heavy (non-hydrogen) atoms. The molecule has 0 aromatic heterocycles. The smallest absolute Gasteiger partial charge is 0.231 e. The molecule has 5 rings (SSSR count). The third kappa shape index (κ3) is 5.42. The van der Waals surface area contributed by atoms with Gasteiger partial charge in [0.15, 0.2) is 6.29 Å². The number of ether oxygens (including phenoxy) is 1. The van der Waals surface area contributed by atoms with Crippen LogP contribution in [0.3, 0.4) is 0 Å². The number of amides is 2. The second-order valence-corrected chi connectivity index (χ2v) is 10.2. The summed E-state index contributed by atoms with van der Waals surface area (Å²) in [5, 5.41) is 8.31. The molecule has 0 spiro atoms. The molecule has 10 heteroatoms. The van der Waals surface area contributed by atoms with Crippen LogP contribution in [0.25, 0.3) is 0 Å². The zero-order valence-electron chi connectivity index (χ0n) is 20.1. The summed E-state index contributed by atoms with van der Waals surface area (Å²) < 4.78 is 5.37. The Labute approximate surface area is 211 Å². The van der Waals surface area contributed by atoms with Crippen molar-refractivity contribution in [2.24, 2.45) is 11.0 Å². The SMILES string of the molecule is O=C(CCC1=NNC2N(Cc3ccccc3Cl)C(=O)C3CCCCC3N12)NCCN1CCOCC1. The summed E-state index contributed by atoms with van der Waals surface area (Å²) in [7, 11) is 0. The monoisotopic (exact) mass is 502 g/mol. The first-order valence-corrected chi connectivity index (χ1v) is 13.2. The van der Waals surface area contributed by atoms with Gasteiger partial charge < -0.3 is 15.0 Å². The predicted molar refractivity (Wildman–Crippen MR) is 133 cm³/mol. The fraction of sp³-hybridized carbons (Fsp3) is 0.640. The van der Waals surface area contributed by atoms with Crippen LogP contribution in [0.5, 0.6) is 0 Å². The fourth-order valence-electron chi connectivity index (χ4n) is 5.70. The number of carbonyl (C=O) groups excluding carboxylic acids is 2. The molecule has 1 aromatic carbocycles. The number of morpholine rings is 1. The van der Waals surface area contributed by atoms with Crippen molar-refractivity contribution in [3.63, 3.8) is 0 Å². The number of nitrogens with one attached hydrogen (secondary N) is 2. The molecule has 3 unspecified atom stereocenters. The molecular weight excluding hydrogens is 468 g/mol. The number of hydrazone groups is 1. The Morgan fingerprint density at radius 2 is 2.00 bits per heavy atom. The third-order valence-corrected chi connectivity index (χ3v) is 7.95. The van der Waals surface area contributed by atoms with Gasteiger partial charge in [-0.1, -0.05) is 42.6 Å². The minimum absolute atomic E-state index is 0.0330. The molecule has 2 amide bonds. The van der Waals surface area contributed by atoms with E-state index >= 15 is 0 Å². The highest BCUT2D eigenvalue weighted by Crippen LogP contribution is 2.38. The van der Waals surface area contributed by atoms with E-state index in [4.69, 9.17) is 16.3 Å². The number of carbonyl (C=O) groups is 2. The molecule has 0 radical (unpaired) electrons. The van der Waals surface area contributed by atoms with Crippen LogP contribution in [0.1, 0.15) is 44.1 Å². The molecule has 1 aliphatic carbocycles. The summed E-state index contributed by atoms with van der Waals surface area (Å²) >= 11 is 6.42. The maximum Gasteiger partial charge on any atom is 0.231 e. The van der Waals surface area contributed by atoms with Gasteiger partial charge in [0.25, 0.3) is 0 Å². The van der Waals surface area contributed by atoms with Gasteiger partial charge in [-0.25, -0.2) is 0 Å². The van der Waals surface area contributed by atoms with E-state index in [1.54, 1.807) is 0 Å². The van der Waals surface area contributed by atoms with Crippen molar-refractivity contribution in [1.82, 2.24) is 25.4 Å². The fourth-order valence-corrected chi connectivity index (χ4v) is 5.90. The Balaban J connectivity index is 1.21. The molecule has 9 nitrogen and oxygen atoms in total. The van der Waals surface area contributed by atoms with Gasteiger partial charge in [-0.05, 0) is 24.5 Å². The molecule has 3 atom stereocenters. The van der Waals surface area contributed by atoms with Crippen LogP contribution in [0.15, 0.2) is 29.4 Å². The van der Waals surface area contributed by atoms with Gasteiger partial charge in [0.2, 0.25) is 11.8 Å². The van der Waals surface area contributed by atoms with E-state index in [0.717, 1.165) is 69.9 Å². The molecular formula is C25H35ClN6O3. The van der Waals surface area contributed by atoms with Crippen molar-refractivity contribution in [2.75, 3.05) is 39.4 Å². The van der Waals surface area contributed by atoms with Crippen molar-refractivity contribution < 1.29 is 14.3 Å². The second-order valence-electron chi connectivity index (χ2n) is 9.76. The minimum atomic E-state index is -0.336. The molecule has 0 bridgehead atoms. The zero-order chi connectivity index (χ0) is 24.2. The topological polar surface area (TPSA) is 89.5 Å². The Morgan fingerprint density at radius 1 is 1.20 bits per heavy atom. The van der Waals surface area contributed by atoms with Gasteiger partial charge in [-0.15, -0.1) is 0 Å². The highest BCUT2D eigenvalue weighted by Gasteiger charge is 2.50. The average molecular weight is 503 g/mol. The molecule has 1 aromatic rings. The summed E-state index contributed by atoms with van der Waals surface area (Å²) in [5.74, 6) is 1.02. The number of hydrogen-bond acceptors (Lipinski definition) is 7. The van der Waals surface area contributed by atoms with Crippen LogP contribution in [0, 0.1) is 5.92 Å². The lowest BCUT2D eigenvalue weighted by Crippen LogP contribution is -2.67. The number of benzene rings is 1. The Hall–Kier alpha value is -2.36. The first-order chi connectivity index (χ1) is 17.1. The summed E-state index contributed by atoms with van der Waals surface area (Å²) in [4.78, 5) is 32.5. The molecule has 2 N–H and O–H groups in total. The first-order valence-electron chi connectivity index (χ1n) is 12.8. The molecule has 3 aliphatic heterocycles. The largest absolute Gasteiger partial charge is 0.379 e. The lowest BCUT2D eigenvalue weighted by Gasteiger charge is -2.50. The lowest BCUT2D eigenvalue weighted by atomic mass is 9.80. The second kappa shape index (κ2) is 11.1. The molecule has 190 valence electrons. The summed E-state index contributed by atoms with van der Waals surface area (Å²) in [6, 6.07) is 7.79. The Morgan fingerprint density at radius 3 is 2.83 bits per heavy atom. The van der Waals surface area contributed by atoms with E-state index in [0.29, 0.717) is 31.0 Å². The van der Waals surface area contributed by atoms with Gasteiger partial charge in [0, 0.05) is 50.1 Å². The van der Waals surface area contributed by atoms with Crippen molar-refractivity contribution in [3.05, 3.63) is 34.9 Å². The van der Waals surface area contributed by atoms with Gasteiger partial charge in [0.1, 0.15) is 5.84 Å². The normalized spacial score (nSPS) is 26.6. The standard InChI is InChI=1S/C25H35ClN6O3/c26-20-7-3-1-5-18(20)17-31-24(34)19-6-2-4-8-21(19)32-22(28-29-25(31)32)9-10-23(33)27-11-12-30-13-15-35-16-14-30/h1,3,5,7,19,21,25,29H,2,4,6,8-17H2,(H,27,33). The Kier molecular flexibility index (Phi) is 7.75. The molecule has 3 heterocycles. The van der Waals surface area contributed by atoms with Gasteiger partial charge >= 0.3 is 0 Å². The quantitative estimate of drug-likeness (QED) is 0.565. The van der Waals surface area contributed by atoms with Gasteiger partial charge in [0.05, 0.1) is 25.7 Å². The molecule has 4 aliphatic rings.